The molecule has 0 saturated heterocycles. The topological polar surface area (TPSA) is 85.8 Å². The highest BCUT2D eigenvalue weighted by molar-refractivity contribution is 7.92. The van der Waals surface area contributed by atoms with E-state index in [9.17, 15) is 21.6 Å². The first kappa shape index (κ1) is 18.5. The van der Waals surface area contributed by atoms with Crippen molar-refractivity contribution in [3.63, 3.8) is 0 Å². The van der Waals surface area contributed by atoms with E-state index in [-0.39, 0.29) is 27.4 Å². The third-order valence-corrected chi connectivity index (χ3v) is 5.21. The maximum Gasteiger partial charge on any atom is 0.263 e. The molecule has 0 saturated carbocycles. The van der Waals surface area contributed by atoms with Gasteiger partial charge < -0.3 is 4.98 Å². The summed E-state index contributed by atoms with van der Waals surface area (Å²) in [6.45, 7) is 1.54. The van der Waals surface area contributed by atoms with Gasteiger partial charge >= 0.3 is 0 Å². The molecule has 0 radical (unpaired) electrons. The van der Waals surface area contributed by atoms with Crippen molar-refractivity contribution in [2.75, 3.05) is 4.72 Å². The standard InChI is InChI=1S/C18H12F3N3O2S/c1-10-4-18(16(21)5-11(10)8-22)24-27(25,26)13-7-17(23-9-13)14-3-2-12(19)6-15(14)20/h2-7,9,23-24H,1H3. The van der Waals surface area contributed by atoms with Crippen LogP contribution in [0.2, 0.25) is 0 Å². The Kier molecular flexibility index (Phi) is 4.68. The number of aryl methyl sites for hydroxylation is 1. The smallest absolute Gasteiger partial charge is 0.263 e. The van der Waals surface area contributed by atoms with Gasteiger partial charge in [-0.05, 0) is 42.8 Å². The molecule has 0 aliphatic carbocycles. The molecular weight excluding hydrogens is 379 g/mol. The van der Waals surface area contributed by atoms with Gasteiger partial charge in [0.05, 0.1) is 17.3 Å². The van der Waals surface area contributed by atoms with Crippen molar-refractivity contribution in [2.45, 2.75) is 11.8 Å². The van der Waals surface area contributed by atoms with Crippen LogP contribution in [0.1, 0.15) is 11.1 Å². The summed E-state index contributed by atoms with van der Waals surface area (Å²) in [5, 5.41) is 8.88. The molecule has 9 heteroatoms. The number of hydrogen-bond acceptors (Lipinski definition) is 3. The van der Waals surface area contributed by atoms with Crippen LogP contribution in [0.25, 0.3) is 11.3 Å². The molecule has 0 aliphatic rings. The molecule has 0 aliphatic heterocycles. The third kappa shape index (κ3) is 3.66. The molecule has 1 heterocycles. The molecule has 0 spiro atoms. The van der Waals surface area contributed by atoms with Gasteiger partial charge in [0.2, 0.25) is 0 Å². The van der Waals surface area contributed by atoms with Gasteiger partial charge in [0.15, 0.2) is 0 Å². The van der Waals surface area contributed by atoms with Gasteiger partial charge in [-0.25, -0.2) is 21.6 Å². The molecule has 0 unspecified atom stereocenters. The van der Waals surface area contributed by atoms with Crippen LogP contribution >= 0.6 is 0 Å². The van der Waals surface area contributed by atoms with Crippen molar-refractivity contribution < 1.29 is 21.6 Å². The Morgan fingerprint density at radius 2 is 1.81 bits per heavy atom. The van der Waals surface area contributed by atoms with Gasteiger partial charge in [-0.3, -0.25) is 4.72 Å². The number of hydrogen-bond donors (Lipinski definition) is 2. The molecule has 138 valence electrons. The quantitative estimate of drug-likeness (QED) is 0.703. The monoisotopic (exact) mass is 391 g/mol. The van der Waals surface area contributed by atoms with Crippen molar-refractivity contribution in [3.05, 3.63) is 71.2 Å². The minimum atomic E-state index is -4.18. The lowest BCUT2D eigenvalue weighted by molar-refractivity contribution is 0.585. The molecule has 2 N–H and O–H groups in total. The summed E-state index contributed by atoms with van der Waals surface area (Å²) in [7, 11) is -4.18. The lowest BCUT2D eigenvalue weighted by atomic mass is 10.1. The zero-order valence-electron chi connectivity index (χ0n) is 13.8. The molecule has 0 bridgehead atoms. The number of H-pyrrole nitrogens is 1. The number of nitrogens with zero attached hydrogens (tertiary/aromatic N) is 1. The zero-order valence-corrected chi connectivity index (χ0v) is 14.7. The first-order valence-corrected chi connectivity index (χ1v) is 9.06. The Labute approximate surface area is 153 Å². The third-order valence-electron chi connectivity index (χ3n) is 3.87. The van der Waals surface area contributed by atoms with E-state index in [1.54, 1.807) is 13.0 Å². The van der Waals surface area contributed by atoms with Crippen molar-refractivity contribution >= 4 is 15.7 Å². The van der Waals surface area contributed by atoms with E-state index in [1.165, 1.54) is 12.1 Å². The molecule has 0 fully saturated rings. The lowest BCUT2D eigenvalue weighted by Crippen LogP contribution is -2.13. The Bertz CT molecular complexity index is 1180. The van der Waals surface area contributed by atoms with Crippen molar-refractivity contribution in [1.82, 2.24) is 4.98 Å². The van der Waals surface area contributed by atoms with Crippen LogP contribution in [0.15, 0.2) is 47.5 Å². The summed E-state index contributed by atoms with van der Waals surface area (Å²) >= 11 is 0. The highest BCUT2D eigenvalue weighted by atomic mass is 32.2. The van der Waals surface area contributed by atoms with Gasteiger partial charge in [-0.15, -0.1) is 0 Å². The van der Waals surface area contributed by atoms with E-state index in [1.807, 2.05) is 0 Å². The second-order valence-corrected chi connectivity index (χ2v) is 7.42. The summed E-state index contributed by atoms with van der Waals surface area (Å²) in [6, 6.07) is 7.98. The predicted octanol–water partition coefficient (Wildman–Crippen LogP) is 4.08. The number of sulfonamides is 1. The number of aromatic nitrogens is 1. The van der Waals surface area contributed by atoms with Gasteiger partial charge in [0, 0.05) is 23.5 Å². The minimum absolute atomic E-state index is 0.0155. The van der Waals surface area contributed by atoms with Gasteiger partial charge in [-0.1, -0.05) is 0 Å². The Balaban J connectivity index is 1.94. The summed E-state index contributed by atoms with van der Waals surface area (Å²) in [5.41, 5.74) is 0.274. The predicted molar refractivity (Wildman–Crippen MR) is 92.8 cm³/mol. The van der Waals surface area contributed by atoms with Crippen molar-refractivity contribution in [1.29, 1.82) is 5.26 Å². The van der Waals surface area contributed by atoms with Gasteiger partial charge in [0.25, 0.3) is 10.0 Å². The van der Waals surface area contributed by atoms with Crippen LogP contribution in [-0.4, -0.2) is 13.4 Å². The molecule has 0 amide bonds. The highest BCUT2D eigenvalue weighted by Gasteiger charge is 2.20. The van der Waals surface area contributed by atoms with Crippen molar-refractivity contribution in [3.8, 4) is 17.3 Å². The van der Waals surface area contributed by atoms with Gasteiger partial charge in [0.1, 0.15) is 22.3 Å². The summed E-state index contributed by atoms with van der Waals surface area (Å²) in [6.07, 6.45) is 1.11. The van der Waals surface area contributed by atoms with Crippen LogP contribution in [0, 0.1) is 35.7 Å². The first-order valence-electron chi connectivity index (χ1n) is 7.58. The number of halogens is 3. The van der Waals surface area contributed by atoms with Crippen LogP contribution in [0.4, 0.5) is 18.9 Å². The van der Waals surface area contributed by atoms with Crippen molar-refractivity contribution in [2.24, 2.45) is 0 Å². The van der Waals surface area contributed by atoms with Crippen LogP contribution in [-0.2, 0) is 10.0 Å². The molecular formula is C18H12F3N3O2S. The average Bonchev–Trinajstić information content (AvgIpc) is 3.08. The van der Waals surface area contributed by atoms with E-state index < -0.39 is 27.5 Å². The fourth-order valence-electron chi connectivity index (χ4n) is 2.48. The Hall–Kier alpha value is -3.25. The number of benzene rings is 2. The van der Waals surface area contributed by atoms with Crippen LogP contribution < -0.4 is 4.72 Å². The van der Waals surface area contributed by atoms with Gasteiger partial charge in [-0.2, -0.15) is 5.26 Å². The Morgan fingerprint density at radius 1 is 1.07 bits per heavy atom. The van der Waals surface area contributed by atoms with Crippen LogP contribution in [0.5, 0.6) is 0 Å². The molecule has 3 rings (SSSR count). The molecule has 3 aromatic rings. The number of rotatable bonds is 4. The molecule has 1 aromatic heterocycles. The Morgan fingerprint density at radius 3 is 2.48 bits per heavy atom. The van der Waals surface area contributed by atoms with E-state index >= 15 is 0 Å². The average molecular weight is 391 g/mol. The van der Waals surface area contributed by atoms with E-state index in [0.717, 1.165) is 24.4 Å². The SMILES string of the molecule is Cc1cc(NS(=O)(=O)c2c[nH]c(-c3ccc(F)cc3F)c2)c(F)cc1C#N. The van der Waals surface area contributed by atoms with E-state index in [0.29, 0.717) is 11.6 Å². The second kappa shape index (κ2) is 6.81. The second-order valence-electron chi connectivity index (χ2n) is 5.74. The normalized spacial score (nSPS) is 11.2. The molecule has 27 heavy (non-hydrogen) atoms. The summed E-state index contributed by atoms with van der Waals surface area (Å²) in [4.78, 5) is 2.34. The minimum Gasteiger partial charge on any atom is -0.360 e. The number of anilines is 1. The number of nitriles is 1. The van der Waals surface area contributed by atoms with E-state index in [4.69, 9.17) is 5.26 Å². The molecule has 0 atom stereocenters. The summed E-state index contributed by atoms with van der Waals surface area (Å²) < 4.78 is 68.0. The fraction of sp³-hybridized carbons (Fsp3) is 0.0556. The lowest BCUT2D eigenvalue weighted by Gasteiger charge is -2.09. The number of nitrogens with one attached hydrogen (secondary N) is 2. The zero-order chi connectivity index (χ0) is 19.8. The van der Waals surface area contributed by atoms with Crippen LogP contribution in [0.3, 0.4) is 0 Å². The molecule has 5 nitrogen and oxygen atoms in total. The summed E-state index contributed by atoms with van der Waals surface area (Å²) in [5.74, 6) is -2.52. The maximum absolute atomic E-state index is 14.1. The maximum atomic E-state index is 14.1. The highest BCUT2D eigenvalue weighted by Crippen LogP contribution is 2.27. The fourth-order valence-corrected chi connectivity index (χ4v) is 3.53. The molecule has 2 aromatic carbocycles. The number of aromatic amines is 1. The largest absolute Gasteiger partial charge is 0.360 e. The van der Waals surface area contributed by atoms with E-state index in [2.05, 4.69) is 9.71 Å². The first-order chi connectivity index (χ1) is 12.7.